The van der Waals surface area contributed by atoms with Crippen LogP contribution in [0.3, 0.4) is 0 Å². The molecule has 0 spiro atoms. The lowest BCUT2D eigenvalue weighted by atomic mass is 10.1. The van der Waals surface area contributed by atoms with Crippen LogP contribution in [0.5, 0.6) is 5.75 Å². The molecule has 2 aromatic rings. The highest BCUT2D eigenvalue weighted by molar-refractivity contribution is 7.92. The number of nitrogens with one attached hydrogen (secondary N) is 1. The topological polar surface area (TPSA) is 98.8 Å². The van der Waals surface area contributed by atoms with E-state index in [1.54, 1.807) is 18.2 Å². The van der Waals surface area contributed by atoms with Crippen molar-refractivity contribution in [2.45, 2.75) is 0 Å². The molecule has 2 rings (SSSR count). The van der Waals surface area contributed by atoms with E-state index in [1.165, 1.54) is 43.5 Å². The van der Waals surface area contributed by atoms with E-state index in [2.05, 4.69) is 4.72 Å². The molecule has 0 aromatic heterocycles. The van der Waals surface area contributed by atoms with Crippen LogP contribution in [-0.4, -0.2) is 40.1 Å². The summed E-state index contributed by atoms with van der Waals surface area (Å²) in [6.45, 7) is -0.423. The Kier molecular flexibility index (Phi) is 6.73. The van der Waals surface area contributed by atoms with Gasteiger partial charge in [-0.2, -0.15) is 0 Å². The first kappa shape index (κ1) is 20.2. The van der Waals surface area contributed by atoms with Crippen LogP contribution >= 0.6 is 0 Å². The van der Waals surface area contributed by atoms with E-state index < -0.39 is 28.4 Å². The average molecular weight is 389 g/mol. The van der Waals surface area contributed by atoms with Crippen molar-refractivity contribution >= 4 is 33.5 Å². The second-order valence-corrected chi connectivity index (χ2v) is 7.31. The molecule has 0 aliphatic carbocycles. The highest BCUT2D eigenvalue weighted by Gasteiger charge is 2.09. The van der Waals surface area contributed by atoms with Gasteiger partial charge in [0.15, 0.2) is 12.4 Å². The Morgan fingerprint density at radius 1 is 1.07 bits per heavy atom. The van der Waals surface area contributed by atoms with E-state index in [9.17, 15) is 18.0 Å². The summed E-state index contributed by atoms with van der Waals surface area (Å²) < 4.78 is 34.7. The molecule has 0 saturated carbocycles. The van der Waals surface area contributed by atoms with Crippen LogP contribution < -0.4 is 9.46 Å². The van der Waals surface area contributed by atoms with Gasteiger partial charge in [-0.1, -0.05) is 18.2 Å². The molecule has 0 fully saturated rings. The largest absolute Gasteiger partial charge is 0.496 e. The van der Waals surface area contributed by atoms with Crippen molar-refractivity contribution in [3.05, 3.63) is 65.7 Å². The maximum absolute atomic E-state index is 12.1. The number of methoxy groups -OCH3 is 1. The summed E-state index contributed by atoms with van der Waals surface area (Å²) in [4.78, 5) is 23.8. The molecule has 142 valence electrons. The number of hydrogen-bond donors (Lipinski definition) is 1. The van der Waals surface area contributed by atoms with Gasteiger partial charge >= 0.3 is 5.97 Å². The maximum atomic E-state index is 12.1. The minimum atomic E-state index is -3.39. The molecule has 0 atom stereocenters. The number of ether oxygens (including phenoxy) is 2. The van der Waals surface area contributed by atoms with Crippen LogP contribution in [0.4, 0.5) is 5.69 Å². The minimum absolute atomic E-state index is 0.301. The molecule has 0 bridgehead atoms. The van der Waals surface area contributed by atoms with Crippen molar-refractivity contribution in [3.63, 3.8) is 0 Å². The standard InChI is InChI=1S/C19H19NO6S/c1-25-18-6-4-3-5-15(18)9-12-19(22)26-13-17(21)14-7-10-16(11-8-14)20-27(2,23)24/h3-12,20H,13H2,1-2H3/b12-9+. The summed E-state index contributed by atoms with van der Waals surface area (Å²) >= 11 is 0. The van der Waals surface area contributed by atoms with Gasteiger partial charge in [0.25, 0.3) is 0 Å². The SMILES string of the molecule is COc1ccccc1/C=C/C(=O)OCC(=O)c1ccc(NS(C)(=O)=O)cc1. The fourth-order valence-corrected chi connectivity index (χ4v) is 2.73. The minimum Gasteiger partial charge on any atom is -0.496 e. The summed E-state index contributed by atoms with van der Waals surface area (Å²) in [7, 11) is -1.86. The van der Waals surface area contributed by atoms with Crippen molar-refractivity contribution < 1.29 is 27.5 Å². The summed E-state index contributed by atoms with van der Waals surface area (Å²) in [6, 6.07) is 13.0. The molecule has 0 unspecified atom stereocenters. The zero-order valence-electron chi connectivity index (χ0n) is 14.8. The molecule has 2 aromatic carbocycles. The monoisotopic (exact) mass is 389 g/mol. The first-order valence-electron chi connectivity index (χ1n) is 7.87. The number of benzene rings is 2. The maximum Gasteiger partial charge on any atom is 0.331 e. The quantitative estimate of drug-likeness (QED) is 0.423. The number of esters is 1. The lowest BCUT2D eigenvalue weighted by molar-refractivity contribution is -0.136. The molecule has 0 aliphatic heterocycles. The predicted octanol–water partition coefficient (Wildman–Crippen LogP) is 2.51. The molecule has 8 heteroatoms. The fourth-order valence-electron chi connectivity index (χ4n) is 2.17. The Balaban J connectivity index is 1.91. The van der Waals surface area contributed by atoms with Gasteiger partial charge in [0, 0.05) is 22.9 Å². The molecule has 0 saturated heterocycles. The number of para-hydroxylation sites is 1. The van der Waals surface area contributed by atoms with E-state index in [-0.39, 0.29) is 0 Å². The van der Waals surface area contributed by atoms with Gasteiger partial charge in [0.1, 0.15) is 5.75 Å². The van der Waals surface area contributed by atoms with Crippen LogP contribution in [0.15, 0.2) is 54.6 Å². The molecule has 0 amide bonds. The van der Waals surface area contributed by atoms with Crippen LogP contribution in [0, 0.1) is 0 Å². The van der Waals surface area contributed by atoms with Gasteiger partial charge in [0.05, 0.1) is 13.4 Å². The number of Topliss-reactive ketones (excluding diaryl/α,β-unsaturated/α-hetero) is 1. The molecule has 0 aliphatic rings. The van der Waals surface area contributed by atoms with E-state index in [4.69, 9.17) is 9.47 Å². The third-order valence-electron chi connectivity index (χ3n) is 3.39. The smallest absolute Gasteiger partial charge is 0.331 e. The van der Waals surface area contributed by atoms with Crippen molar-refractivity contribution in [2.75, 3.05) is 24.7 Å². The lowest BCUT2D eigenvalue weighted by Gasteiger charge is -2.06. The van der Waals surface area contributed by atoms with Crippen LogP contribution in [-0.2, 0) is 19.6 Å². The van der Waals surface area contributed by atoms with E-state index in [0.29, 0.717) is 22.6 Å². The first-order valence-corrected chi connectivity index (χ1v) is 9.76. The Morgan fingerprint density at radius 3 is 2.37 bits per heavy atom. The molecule has 7 nitrogen and oxygen atoms in total. The number of carbonyl (C=O) groups excluding carboxylic acids is 2. The number of ketones is 1. The van der Waals surface area contributed by atoms with Crippen molar-refractivity contribution in [2.24, 2.45) is 0 Å². The van der Waals surface area contributed by atoms with Gasteiger partial charge in [-0.3, -0.25) is 9.52 Å². The second-order valence-electron chi connectivity index (χ2n) is 5.56. The number of carbonyl (C=O) groups is 2. The zero-order valence-corrected chi connectivity index (χ0v) is 15.7. The normalized spacial score (nSPS) is 11.2. The number of anilines is 1. The molecule has 1 N–H and O–H groups in total. The third-order valence-corrected chi connectivity index (χ3v) is 4.00. The van der Waals surface area contributed by atoms with Crippen LogP contribution in [0.1, 0.15) is 15.9 Å². The second kappa shape index (κ2) is 9.00. The first-order chi connectivity index (χ1) is 12.8. The van der Waals surface area contributed by atoms with Crippen LogP contribution in [0.2, 0.25) is 0 Å². The summed E-state index contributed by atoms with van der Waals surface area (Å²) in [5.41, 5.74) is 1.35. The van der Waals surface area contributed by atoms with Crippen molar-refractivity contribution in [1.82, 2.24) is 0 Å². The van der Waals surface area contributed by atoms with Crippen molar-refractivity contribution in [1.29, 1.82) is 0 Å². The van der Waals surface area contributed by atoms with E-state index >= 15 is 0 Å². The average Bonchev–Trinajstić information content (AvgIpc) is 2.64. The number of hydrogen-bond acceptors (Lipinski definition) is 6. The van der Waals surface area contributed by atoms with Gasteiger partial charge in [-0.05, 0) is 36.4 Å². The van der Waals surface area contributed by atoms with E-state index in [1.807, 2.05) is 6.07 Å². The Hall–Kier alpha value is -3.13. The highest BCUT2D eigenvalue weighted by atomic mass is 32.2. The molecule has 27 heavy (non-hydrogen) atoms. The molecule has 0 radical (unpaired) electrons. The van der Waals surface area contributed by atoms with Crippen molar-refractivity contribution in [3.8, 4) is 5.75 Å². The van der Waals surface area contributed by atoms with Gasteiger partial charge in [0.2, 0.25) is 10.0 Å². The molecular weight excluding hydrogens is 370 g/mol. The Morgan fingerprint density at radius 2 is 1.74 bits per heavy atom. The lowest BCUT2D eigenvalue weighted by Crippen LogP contribution is -2.13. The Bertz CT molecular complexity index is 948. The highest BCUT2D eigenvalue weighted by Crippen LogP contribution is 2.18. The zero-order chi connectivity index (χ0) is 19.9. The Labute approximate surface area is 157 Å². The van der Waals surface area contributed by atoms with Gasteiger partial charge in [-0.15, -0.1) is 0 Å². The number of sulfonamides is 1. The van der Waals surface area contributed by atoms with Gasteiger partial charge < -0.3 is 9.47 Å². The predicted molar refractivity (Wildman–Crippen MR) is 102 cm³/mol. The summed E-state index contributed by atoms with van der Waals surface area (Å²) in [6.07, 6.45) is 3.78. The summed E-state index contributed by atoms with van der Waals surface area (Å²) in [5.74, 6) is -0.454. The van der Waals surface area contributed by atoms with Gasteiger partial charge in [-0.25, -0.2) is 13.2 Å². The summed E-state index contributed by atoms with van der Waals surface area (Å²) in [5, 5.41) is 0. The third kappa shape index (κ3) is 6.59. The van der Waals surface area contributed by atoms with E-state index in [0.717, 1.165) is 6.26 Å². The fraction of sp³-hybridized carbons (Fsp3) is 0.158. The number of rotatable bonds is 8. The molecular formula is C19H19NO6S. The van der Waals surface area contributed by atoms with Crippen LogP contribution in [0.25, 0.3) is 6.08 Å². The molecule has 0 heterocycles.